The molecule has 0 aliphatic rings. The number of hydrogen-bond donors (Lipinski definition) is 3. The minimum absolute atomic E-state index is 0.0615. The summed E-state index contributed by atoms with van der Waals surface area (Å²) in [5.41, 5.74) is 0.728. The predicted octanol–water partition coefficient (Wildman–Crippen LogP) is 0.246. The highest BCUT2D eigenvalue weighted by Gasteiger charge is 2.07. The maximum absolute atomic E-state index is 11.0. The molecule has 1 aromatic heterocycles. The number of aromatic nitrogens is 1. The predicted molar refractivity (Wildman–Crippen MR) is 58.5 cm³/mol. The van der Waals surface area contributed by atoms with Gasteiger partial charge in [0, 0.05) is 12.7 Å². The molecule has 6 nitrogen and oxygen atoms in total. The van der Waals surface area contributed by atoms with Crippen LogP contribution >= 0.6 is 0 Å². The zero-order valence-electron chi connectivity index (χ0n) is 9.07. The Morgan fingerprint density at radius 3 is 2.69 bits per heavy atom. The molecular formula is C10H13N3O3. The van der Waals surface area contributed by atoms with Crippen LogP contribution in [0.15, 0.2) is 12.1 Å². The zero-order chi connectivity index (χ0) is 12.1. The van der Waals surface area contributed by atoms with Gasteiger partial charge < -0.3 is 15.7 Å². The first-order chi connectivity index (χ1) is 7.52. The number of carbonyl (C=O) groups is 2. The van der Waals surface area contributed by atoms with Crippen molar-refractivity contribution >= 4 is 17.7 Å². The first-order valence-electron chi connectivity index (χ1n) is 4.69. The molecule has 1 amide bonds. The molecule has 0 saturated carbocycles. The fourth-order valence-electron chi connectivity index (χ4n) is 1.14. The van der Waals surface area contributed by atoms with Gasteiger partial charge in [-0.05, 0) is 19.1 Å². The summed E-state index contributed by atoms with van der Waals surface area (Å²) >= 11 is 0. The van der Waals surface area contributed by atoms with E-state index in [2.05, 4.69) is 15.6 Å². The number of aryl methyl sites for hydroxylation is 1. The van der Waals surface area contributed by atoms with Crippen molar-refractivity contribution in [3.05, 3.63) is 23.4 Å². The SMILES string of the molecule is CNC(=O)CNc1cc(C(=O)O)cc(C)n1. The molecule has 1 aromatic rings. The average molecular weight is 223 g/mol. The van der Waals surface area contributed by atoms with E-state index in [1.807, 2.05) is 0 Å². The van der Waals surface area contributed by atoms with Gasteiger partial charge in [0.1, 0.15) is 5.82 Å². The van der Waals surface area contributed by atoms with Gasteiger partial charge in [0.2, 0.25) is 5.91 Å². The molecular weight excluding hydrogens is 210 g/mol. The van der Waals surface area contributed by atoms with Crippen LogP contribution in [-0.4, -0.2) is 35.6 Å². The van der Waals surface area contributed by atoms with Crippen molar-refractivity contribution < 1.29 is 14.7 Å². The van der Waals surface area contributed by atoms with E-state index in [1.54, 1.807) is 6.92 Å². The van der Waals surface area contributed by atoms with Crippen LogP contribution in [0.4, 0.5) is 5.82 Å². The number of anilines is 1. The van der Waals surface area contributed by atoms with Crippen molar-refractivity contribution in [2.45, 2.75) is 6.92 Å². The highest BCUT2D eigenvalue weighted by molar-refractivity contribution is 5.89. The number of carboxylic acids is 1. The molecule has 0 spiro atoms. The van der Waals surface area contributed by atoms with Crippen molar-refractivity contribution in [3.63, 3.8) is 0 Å². The van der Waals surface area contributed by atoms with E-state index in [0.717, 1.165) is 0 Å². The summed E-state index contributed by atoms with van der Waals surface area (Å²) in [4.78, 5) is 25.8. The van der Waals surface area contributed by atoms with Gasteiger partial charge in [0.15, 0.2) is 0 Å². The van der Waals surface area contributed by atoms with E-state index in [9.17, 15) is 9.59 Å². The van der Waals surface area contributed by atoms with E-state index < -0.39 is 5.97 Å². The third-order valence-corrected chi connectivity index (χ3v) is 1.91. The van der Waals surface area contributed by atoms with Gasteiger partial charge in [0.25, 0.3) is 0 Å². The first-order valence-corrected chi connectivity index (χ1v) is 4.69. The Labute approximate surface area is 92.7 Å². The van der Waals surface area contributed by atoms with Crippen LogP contribution in [0.5, 0.6) is 0 Å². The Morgan fingerprint density at radius 1 is 1.44 bits per heavy atom. The summed E-state index contributed by atoms with van der Waals surface area (Å²) in [7, 11) is 1.52. The first kappa shape index (κ1) is 12.0. The third kappa shape index (κ3) is 3.23. The summed E-state index contributed by atoms with van der Waals surface area (Å²) in [5, 5.41) is 14.0. The van der Waals surface area contributed by atoms with Gasteiger partial charge in [-0.25, -0.2) is 9.78 Å². The number of carboxylic acid groups (broad SMARTS) is 1. The number of nitrogens with one attached hydrogen (secondary N) is 2. The third-order valence-electron chi connectivity index (χ3n) is 1.91. The van der Waals surface area contributed by atoms with E-state index in [-0.39, 0.29) is 18.0 Å². The zero-order valence-corrected chi connectivity index (χ0v) is 9.07. The molecule has 3 N–H and O–H groups in total. The highest BCUT2D eigenvalue weighted by Crippen LogP contribution is 2.09. The molecule has 1 rings (SSSR count). The summed E-state index contributed by atoms with van der Waals surface area (Å²) < 4.78 is 0. The minimum Gasteiger partial charge on any atom is -0.478 e. The molecule has 0 aliphatic heterocycles. The molecule has 0 aromatic carbocycles. The van der Waals surface area contributed by atoms with Gasteiger partial charge in [-0.2, -0.15) is 0 Å². The minimum atomic E-state index is -1.02. The van der Waals surface area contributed by atoms with Crippen molar-refractivity contribution in [3.8, 4) is 0 Å². The Balaban J connectivity index is 2.80. The Bertz CT molecular complexity index is 418. The smallest absolute Gasteiger partial charge is 0.335 e. The number of hydrogen-bond acceptors (Lipinski definition) is 4. The lowest BCUT2D eigenvalue weighted by molar-refractivity contribution is -0.118. The molecule has 0 atom stereocenters. The maximum atomic E-state index is 11.0. The van der Waals surface area contributed by atoms with Crippen LogP contribution in [0.2, 0.25) is 0 Å². The van der Waals surface area contributed by atoms with Gasteiger partial charge in [-0.1, -0.05) is 0 Å². The second-order valence-corrected chi connectivity index (χ2v) is 3.21. The van der Waals surface area contributed by atoms with Crippen molar-refractivity contribution in [1.82, 2.24) is 10.3 Å². The summed E-state index contributed by atoms with van der Waals surface area (Å²) in [6.07, 6.45) is 0. The number of nitrogens with zero attached hydrogens (tertiary/aromatic N) is 1. The lowest BCUT2D eigenvalue weighted by atomic mass is 10.2. The monoisotopic (exact) mass is 223 g/mol. The highest BCUT2D eigenvalue weighted by atomic mass is 16.4. The van der Waals surface area contributed by atoms with Crippen LogP contribution in [0.3, 0.4) is 0 Å². The van der Waals surface area contributed by atoms with E-state index in [4.69, 9.17) is 5.11 Å². The van der Waals surface area contributed by atoms with Gasteiger partial charge in [-0.3, -0.25) is 4.79 Å². The molecule has 6 heteroatoms. The lowest BCUT2D eigenvalue weighted by Gasteiger charge is -2.06. The normalized spacial score (nSPS) is 9.62. The molecule has 1 heterocycles. The Hall–Kier alpha value is -2.11. The van der Waals surface area contributed by atoms with Crippen LogP contribution in [0, 0.1) is 6.92 Å². The van der Waals surface area contributed by atoms with Crippen LogP contribution in [0.1, 0.15) is 16.1 Å². The van der Waals surface area contributed by atoms with E-state index in [1.165, 1.54) is 19.2 Å². The van der Waals surface area contributed by atoms with Crippen molar-refractivity contribution in [2.75, 3.05) is 18.9 Å². The molecule has 0 unspecified atom stereocenters. The Morgan fingerprint density at radius 2 is 2.12 bits per heavy atom. The quantitative estimate of drug-likeness (QED) is 0.680. The fraction of sp³-hybridized carbons (Fsp3) is 0.300. The standard InChI is InChI=1S/C10H13N3O3/c1-6-3-7(10(15)16)4-8(13-6)12-5-9(14)11-2/h3-4H,5H2,1-2H3,(H,11,14)(H,12,13)(H,15,16). The summed E-state index contributed by atoms with van der Waals surface area (Å²) in [6.45, 7) is 1.75. The molecule has 0 bridgehead atoms. The van der Waals surface area contributed by atoms with Gasteiger partial charge >= 0.3 is 5.97 Å². The van der Waals surface area contributed by atoms with Crippen LogP contribution < -0.4 is 10.6 Å². The number of amides is 1. The van der Waals surface area contributed by atoms with Gasteiger partial charge in [0.05, 0.1) is 12.1 Å². The summed E-state index contributed by atoms with van der Waals surface area (Å²) in [5.74, 6) is -0.838. The Kier molecular flexibility index (Phi) is 3.82. The second-order valence-electron chi connectivity index (χ2n) is 3.21. The number of pyridine rings is 1. The number of carbonyl (C=O) groups excluding carboxylic acids is 1. The molecule has 0 fully saturated rings. The van der Waals surface area contributed by atoms with Crippen LogP contribution in [0.25, 0.3) is 0 Å². The van der Waals surface area contributed by atoms with Crippen molar-refractivity contribution in [2.24, 2.45) is 0 Å². The molecule has 16 heavy (non-hydrogen) atoms. The molecule has 86 valence electrons. The van der Waals surface area contributed by atoms with E-state index in [0.29, 0.717) is 11.5 Å². The van der Waals surface area contributed by atoms with Crippen molar-refractivity contribution in [1.29, 1.82) is 0 Å². The molecule has 0 saturated heterocycles. The average Bonchev–Trinajstić information content (AvgIpc) is 2.25. The number of rotatable bonds is 4. The second kappa shape index (κ2) is 5.11. The topological polar surface area (TPSA) is 91.3 Å². The lowest BCUT2D eigenvalue weighted by Crippen LogP contribution is -2.26. The molecule has 0 radical (unpaired) electrons. The number of aromatic carboxylic acids is 1. The summed E-state index contributed by atoms with van der Waals surface area (Å²) in [6, 6.07) is 2.85. The maximum Gasteiger partial charge on any atom is 0.335 e. The largest absolute Gasteiger partial charge is 0.478 e. The van der Waals surface area contributed by atoms with Gasteiger partial charge in [-0.15, -0.1) is 0 Å². The number of likely N-dealkylation sites (N-methyl/N-ethyl adjacent to an activating group) is 1. The van der Waals surface area contributed by atoms with Crippen LogP contribution in [-0.2, 0) is 4.79 Å². The van der Waals surface area contributed by atoms with E-state index >= 15 is 0 Å². The molecule has 0 aliphatic carbocycles. The fourth-order valence-corrected chi connectivity index (χ4v) is 1.14.